The summed E-state index contributed by atoms with van der Waals surface area (Å²) in [6, 6.07) is 2.94. The standard InChI is InChI=1S/C15H24N4O3/c1-15(2)11-19(9-10-22-15)8-6-16-14(21)17-12-5-4-7-18(3)13(12)20/h4-5,7H,6,8-11H2,1-3H3,(H2,16,17,21). The monoisotopic (exact) mass is 308 g/mol. The smallest absolute Gasteiger partial charge is 0.319 e. The van der Waals surface area contributed by atoms with Crippen molar-refractivity contribution in [3.8, 4) is 0 Å². The Morgan fingerprint density at radius 1 is 1.45 bits per heavy atom. The Hall–Kier alpha value is -1.86. The highest BCUT2D eigenvalue weighted by Gasteiger charge is 2.26. The second-order valence-electron chi connectivity index (χ2n) is 6.10. The molecule has 2 heterocycles. The molecule has 2 rings (SSSR count). The molecule has 7 heteroatoms. The van der Waals surface area contributed by atoms with Crippen molar-refractivity contribution in [1.29, 1.82) is 0 Å². The zero-order valence-corrected chi connectivity index (χ0v) is 13.4. The normalized spacial score (nSPS) is 18.0. The summed E-state index contributed by atoms with van der Waals surface area (Å²) in [4.78, 5) is 25.9. The van der Waals surface area contributed by atoms with Gasteiger partial charge in [0, 0.05) is 39.4 Å². The van der Waals surface area contributed by atoms with Gasteiger partial charge in [-0.3, -0.25) is 9.69 Å². The van der Waals surface area contributed by atoms with E-state index in [0.29, 0.717) is 13.2 Å². The van der Waals surface area contributed by atoms with E-state index in [1.165, 1.54) is 4.57 Å². The fourth-order valence-corrected chi connectivity index (χ4v) is 2.49. The number of carbonyl (C=O) groups is 1. The Bertz CT molecular complexity index is 582. The predicted octanol–water partition coefficient (Wildman–Crippen LogP) is 0.618. The molecule has 1 aromatic heterocycles. The number of amides is 2. The molecule has 7 nitrogen and oxygen atoms in total. The van der Waals surface area contributed by atoms with E-state index in [1.807, 2.05) is 0 Å². The quantitative estimate of drug-likeness (QED) is 0.855. The highest BCUT2D eigenvalue weighted by atomic mass is 16.5. The number of nitrogens with zero attached hydrogens (tertiary/aromatic N) is 2. The summed E-state index contributed by atoms with van der Waals surface area (Å²) in [6.07, 6.45) is 1.64. The zero-order valence-electron chi connectivity index (χ0n) is 13.4. The first-order valence-corrected chi connectivity index (χ1v) is 7.44. The molecule has 0 aliphatic carbocycles. The summed E-state index contributed by atoms with van der Waals surface area (Å²) in [5.74, 6) is 0. The molecule has 1 saturated heterocycles. The molecule has 1 fully saturated rings. The SMILES string of the molecule is Cn1cccc(NC(=O)NCCN2CCOC(C)(C)C2)c1=O. The number of nitrogens with one attached hydrogen (secondary N) is 2. The van der Waals surface area contributed by atoms with Gasteiger partial charge >= 0.3 is 6.03 Å². The van der Waals surface area contributed by atoms with Crippen molar-refractivity contribution >= 4 is 11.7 Å². The Kier molecular flexibility index (Phi) is 5.20. The summed E-state index contributed by atoms with van der Waals surface area (Å²) in [5.41, 5.74) is -0.0980. The molecule has 1 aliphatic rings. The molecule has 2 N–H and O–H groups in total. The van der Waals surface area contributed by atoms with Crippen LogP contribution in [-0.2, 0) is 11.8 Å². The summed E-state index contributed by atoms with van der Waals surface area (Å²) < 4.78 is 7.07. The molecule has 0 saturated carbocycles. The topological polar surface area (TPSA) is 75.6 Å². The van der Waals surface area contributed by atoms with E-state index in [9.17, 15) is 9.59 Å². The minimum Gasteiger partial charge on any atom is -0.373 e. The number of rotatable bonds is 4. The van der Waals surface area contributed by atoms with Crippen LogP contribution in [0.2, 0.25) is 0 Å². The van der Waals surface area contributed by atoms with Crippen LogP contribution >= 0.6 is 0 Å². The van der Waals surface area contributed by atoms with Crippen LogP contribution in [-0.4, -0.2) is 53.9 Å². The number of aromatic nitrogens is 1. The molecular weight excluding hydrogens is 284 g/mol. The third-order valence-electron chi connectivity index (χ3n) is 3.59. The van der Waals surface area contributed by atoms with Crippen molar-refractivity contribution in [1.82, 2.24) is 14.8 Å². The van der Waals surface area contributed by atoms with Crippen molar-refractivity contribution in [2.45, 2.75) is 19.4 Å². The van der Waals surface area contributed by atoms with Gasteiger partial charge in [-0.15, -0.1) is 0 Å². The number of hydrogen-bond acceptors (Lipinski definition) is 4. The van der Waals surface area contributed by atoms with Crippen LogP contribution in [0.3, 0.4) is 0 Å². The number of ether oxygens (including phenoxy) is 1. The van der Waals surface area contributed by atoms with Crippen molar-refractivity contribution < 1.29 is 9.53 Å². The van der Waals surface area contributed by atoms with E-state index < -0.39 is 0 Å². The average Bonchev–Trinajstić information content (AvgIpc) is 2.43. The molecule has 22 heavy (non-hydrogen) atoms. The maximum atomic E-state index is 11.8. The van der Waals surface area contributed by atoms with Crippen LogP contribution in [0.15, 0.2) is 23.1 Å². The van der Waals surface area contributed by atoms with Gasteiger partial charge in [0.15, 0.2) is 0 Å². The van der Waals surface area contributed by atoms with Crippen LogP contribution in [0.4, 0.5) is 10.5 Å². The molecule has 1 aromatic rings. The minimum atomic E-state index is -0.365. The number of morpholine rings is 1. The summed E-state index contributed by atoms with van der Waals surface area (Å²) in [7, 11) is 1.64. The largest absolute Gasteiger partial charge is 0.373 e. The molecule has 0 aromatic carbocycles. The van der Waals surface area contributed by atoms with Crippen LogP contribution in [0.1, 0.15) is 13.8 Å². The van der Waals surface area contributed by atoms with Gasteiger partial charge in [-0.05, 0) is 26.0 Å². The number of pyridine rings is 1. The van der Waals surface area contributed by atoms with Crippen LogP contribution in [0.5, 0.6) is 0 Å². The summed E-state index contributed by atoms with van der Waals surface area (Å²) >= 11 is 0. The third kappa shape index (κ3) is 4.57. The lowest BCUT2D eigenvalue weighted by molar-refractivity contribution is -0.0852. The second-order valence-corrected chi connectivity index (χ2v) is 6.10. The highest BCUT2D eigenvalue weighted by molar-refractivity contribution is 5.88. The molecule has 2 amide bonds. The number of hydrogen-bond donors (Lipinski definition) is 2. The fraction of sp³-hybridized carbons (Fsp3) is 0.600. The van der Waals surface area contributed by atoms with Crippen LogP contribution in [0, 0.1) is 0 Å². The van der Waals surface area contributed by atoms with E-state index in [0.717, 1.165) is 19.6 Å². The summed E-state index contributed by atoms with van der Waals surface area (Å²) in [5, 5.41) is 5.35. The molecule has 0 radical (unpaired) electrons. The molecular formula is C15H24N4O3. The number of anilines is 1. The molecule has 1 aliphatic heterocycles. The number of carbonyl (C=O) groups excluding carboxylic acids is 1. The Balaban J connectivity index is 1.76. The van der Waals surface area contributed by atoms with E-state index in [2.05, 4.69) is 29.4 Å². The van der Waals surface area contributed by atoms with Gasteiger partial charge in [0.2, 0.25) is 0 Å². The molecule has 0 spiro atoms. The lowest BCUT2D eigenvalue weighted by Gasteiger charge is -2.38. The zero-order chi connectivity index (χ0) is 16.2. The van der Waals surface area contributed by atoms with Gasteiger partial charge in [-0.25, -0.2) is 4.79 Å². The molecule has 0 atom stereocenters. The van der Waals surface area contributed by atoms with Crippen LogP contribution in [0.25, 0.3) is 0 Å². The first kappa shape index (κ1) is 16.5. The van der Waals surface area contributed by atoms with Gasteiger partial charge in [0.25, 0.3) is 5.56 Å². The van der Waals surface area contributed by atoms with E-state index in [1.54, 1.807) is 25.4 Å². The van der Waals surface area contributed by atoms with Crippen molar-refractivity contribution in [2.75, 3.05) is 38.1 Å². The van der Waals surface area contributed by atoms with Gasteiger partial charge in [-0.2, -0.15) is 0 Å². The number of aryl methyl sites for hydroxylation is 1. The first-order chi connectivity index (χ1) is 10.4. The average molecular weight is 308 g/mol. The van der Waals surface area contributed by atoms with Crippen LogP contribution < -0.4 is 16.2 Å². The predicted molar refractivity (Wildman–Crippen MR) is 85.2 cm³/mol. The highest BCUT2D eigenvalue weighted by Crippen LogP contribution is 2.15. The lowest BCUT2D eigenvalue weighted by atomic mass is 10.1. The van der Waals surface area contributed by atoms with Crippen molar-refractivity contribution in [3.05, 3.63) is 28.7 Å². The van der Waals surface area contributed by atoms with Crippen molar-refractivity contribution in [3.63, 3.8) is 0 Å². The van der Waals surface area contributed by atoms with Gasteiger partial charge in [0.05, 0.1) is 12.2 Å². The second kappa shape index (κ2) is 6.93. The summed E-state index contributed by atoms with van der Waals surface area (Å²) in [6.45, 7) is 7.82. The molecule has 0 unspecified atom stereocenters. The van der Waals surface area contributed by atoms with E-state index >= 15 is 0 Å². The number of urea groups is 1. The fourth-order valence-electron chi connectivity index (χ4n) is 2.49. The minimum absolute atomic E-state index is 0.142. The van der Waals surface area contributed by atoms with Crippen molar-refractivity contribution in [2.24, 2.45) is 7.05 Å². The third-order valence-corrected chi connectivity index (χ3v) is 3.59. The van der Waals surface area contributed by atoms with Gasteiger partial charge < -0.3 is 19.9 Å². The van der Waals surface area contributed by atoms with E-state index in [4.69, 9.17) is 4.74 Å². The Morgan fingerprint density at radius 3 is 2.95 bits per heavy atom. The Morgan fingerprint density at radius 2 is 2.23 bits per heavy atom. The van der Waals surface area contributed by atoms with Gasteiger partial charge in [0.1, 0.15) is 5.69 Å². The lowest BCUT2D eigenvalue weighted by Crippen LogP contribution is -2.50. The van der Waals surface area contributed by atoms with Gasteiger partial charge in [-0.1, -0.05) is 0 Å². The maximum Gasteiger partial charge on any atom is 0.319 e. The first-order valence-electron chi connectivity index (χ1n) is 7.44. The molecule has 122 valence electrons. The Labute approximate surface area is 130 Å². The maximum absolute atomic E-state index is 11.8. The molecule has 0 bridgehead atoms. The van der Waals surface area contributed by atoms with E-state index in [-0.39, 0.29) is 22.9 Å².